The molecule has 0 aliphatic carbocycles. The van der Waals surface area contributed by atoms with Gasteiger partial charge in [-0.3, -0.25) is 4.98 Å². The summed E-state index contributed by atoms with van der Waals surface area (Å²) in [6.07, 6.45) is 5.83. The highest BCUT2D eigenvalue weighted by molar-refractivity contribution is 7.07. The number of aryl methyl sites for hydroxylation is 2. The molecule has 1 unspecified atom stereocenters. The fourth-order valence-corrected chi connectivity index (χ4v) is 2.66. The minimum absolute atomic E-state index is 0.382. The van der Waals surface area contributed by atoms with Crippen molar-refractivity contribution < 1.29 is 5.11 Å². The van der Waals surface area contributed by atoms with Gasteiger partial charge in [0, 0.05) is 12.4 Å². The average molecular weight is 247 g/mol. The predicted octanol–water partition coefficient (Wildman–Crippen LogP) is 3.37. The molecule has 2 rings (SSSR count). The molecule has 1 N–H and O–H groups in total. The van der Waals surface area contributed by atoms with Crippen LogP contribution in [0.3, 0.4) is 0 Å². The van der Waals surface area contributed by atoms with E-state index in [9.17, 15) is 5.11 Å². The van der Waals surface area contributed by atoms with Crippen molar-refractivity contribution in [1.82, 2.24) is 4.98 Å². The number of rotatable bonds is 5. The summed E-state index contributed by atoms with van der Waals surface area (Å²) in [6, 6.07) is 4.04. The second-order valence-corrected chi connectivity index (χ2v) is 4.89. The number of nitrogens with zero attached hydrogens (tertiary/aromatic N) is 1. The Balaban J connectivity index is 2.01. The molecule has 0 aliphatic heterocycles. The van der Waals surface area contributed by atoms with Crippen molar-refractivity contribution >= 4 is 11.3 Å². The number of hydrogen-bond donors (Lipinski definition) is 1. The van der Waals surface area contributed by atoms with Crippen LogP contribution in [0.25, 0.3) is 0 Å². The fraction of sp³-hybridized carbons (Fsp3) is 0.357. The molecule has 2 aromatic rings. The highest BCUT2D eigenvalue weighted by atomic mass is 32.1. The summed E-state index contributed by atoms with van der Waals surface area (Å²) in [6.45, 7) is 2.09. The maximum atomic E-state index is 10.2. The van der Waals surface area contributed by atoms with E-state index in [1.807, 2.05) is 12.3 Å². The Hall–Kier alpha value is -1.19. The molecular formula is C14H17NOS. The molecule has 90 valence electrons. The Morgan fingerprint density at radius 2 is 2.29 bits per heavy atom. The zero-order valence-corrected chi connectivity index (χ0v) is 10.8. The second-order valence-electron chi connectivity index (χ2n) is 4.11. The molecule has 2 heterocycles. The monoisotopic (exact) mass is 247 g/mol. The standard InChI is InChI=1S/C14H17NOS/c1-2-12-9-15-7-5-13(12)14(16)4-3-11-6-8-17-10-11/h5-10,14,16H,2-4H2,1H3. The highest BCUT2D eigenvalue weighted by Gasteiger charge is 2.11. The molecule has 2 aromatic heterocycles. The first-order chi connectivity index (χ1) is 8.31. The van der Waals surface area contributed by atoms with Crippen molar-refractivity contribution in [3.05, 3.63) is 52.0 Å². The van der Waals surface area contributed by atoms with Gasteiger partial charge in [0.25, 0.3) is 0 Å². The molecule has 0 aliphatic rings. The quantitative estimate of drug-likeness (QED) is 0.878. The largest absolute Gasteiger partial charge is 0.388 e. The zero-order chi connectivity index (χ0) is 12.1. The molecule has 0 bridgehead atoms. The summed E-state index contributed by atoms with van der Waals surface area (Å²) >= 11 is 1.70. The summed E-state index contributed by atoms with van der Waals surface area (Å²) in [5.74, 6) is 0. The molecule has 0 radical (unpaired) electrons. The third kappa shape index (κ3) is 3.14. The lowest BCUT2D eigenvalue weighted by Gasteiger charge is -2.13. The van der Waals surface area contributed by atoms with Gasteiger partial charge in [0.15, 0.2) is 0 Å². The molecular weight excluding hydrogens is 230 g/mol. The minimum Gasteiger partial charge on any atom is -0.388 e. The van der Waals surface area contributed by atoms with Crippen LogP contribution < -0.4 is 0 Å². The summed E-state index contributed by atoms with van der Waals surface area (Å²) in [4.78, 5) is 4.10. The number of hydrogen-bond acceptors (Lipinski definition) is 3. The van der Waals surface area contributed by atoms with E-state index in [0.717, 1.165) is 30.4 Å². The van der Waals surface area contributed by atoms with Crippen molar-refractivity contribution in [3.8, 4) is 0 Å². The average Bonchev–Trinajstić information content (AvgIpc) is 2.89. The van der Waals surface area contributed by atoms with E-state index >= 15 is 0 Å². The van der Waals surface area contributed by atoms with Crippen molar-refractivity contribution in [2.24, 2.45) is 0 Å². The fourth-order valence-electron chi connectivity index (χ4n) is 1.95. The lowest BCUT2D eigenvalue weighted by Crippen LogP contribution is -2.03. The summed E-state index contributed by atoms with van der Waals surface area (Å²) in [5.41, 5.74) is 3.48. The highest BCUT2D eigenvalue weighted by Crippen LogP contribution is 2.22. The summed E-state index contributed by atoms with van der Waals surface area (Å²) in [7, 11) is 0. The Bertz CT molecular complexity index is 453. The van der Waals surface area contributed by atoms with Crippen molar-refractivity contribution in [3.63, 3.8) is 0 Å². The van der Waals surface area contributed by atoms with E-state index in [1.54, 1.807) is 17.5 Å². The van der Waals surface area contributed by atoms with E-state index in [2.05, 4.69) is 28.7 Å². The number of aromatic nitrogens is 1. The Labute approximate surface area is 106 Å². The molecule has 0 spiro atoms. The van der Waals surface area contributed by atoms with Gasteiger partial charge < -0.3 is 5.11 Å². The maximum Gasteiger partial charge on any atom is 0.0797 e. The number of aliphatic hydroxyl groups excluding tert-OH is 1. The van der Waals surface area contributed by atoms with Crippen molar-refractivity contribution in [2.45, 2.75) is 32.3 Å². The first-order valence-electron chi connectivity index (χ1n) is 5.93. The maximum absolute atomic E-state index is 10.2. The SMILES string of the molecule is CCc1cnccc1C(O)CCc1ccsc1. The van der Waals surface area contributed by atoms with Crippen LogP contribution in [0.5, 0.6) is 0 Å². The molecule has 0 saturated carbocycles. The van der Waals surface area contributed by atoms with Crippen LogP contribution in [0.1, 0.15) is 36.1 Å². The topological polar surface area (TPSA) is 33.1 Å². The first-order valence-corrected chi connectivity index (χ1v) is 6.87. The molecule has 0 saturated heterocycles. The molecule has 1 atom stereocenters. The first kappa shape index (κ1) is 12.3. The third-order valence-electron chi connectivity index (χ3n) is 2.97. The number of pyridine rings is 1. The van der Waals surface area contributed by atoms with Gasteiger partial charge in [-0.15, -0.1) is 0 Å². The van der Waals surface area contributed by atoms with Crippen molar-refractivity contribution in [2.75, 3.05) is 0 Å². The van der Waals surface area contributed by atoms with Crippen LogP contribution in [0.15, 0.2) is 35.3 Å². The molecule has 0 amide bonds. The van der Waals surface area contributed by atoms with Gasteiger partial charge in [0.1, 0.15) is 0 Å². The summed E-state index contributed by atoms with van der Waals surface area (Å²) < 4.78 is 0. The molecule has 0 fully saturated rings. The Morgan fingerprint density at radius 3 is 3.00 bits per heavy atom. The van der Waals surface area contributed by atoms with E-state index in [-0.39, 0.29) is 6.10 Å². The molecule has 3 heteroatoms. The van der Waals surface area contributed by atoms with Gasteiger partial charge in [0.2, 0.25) is 0 Å². The van der Waals surface area contributed by atoms with Crippen LogP contribution in [-0.2, 0) is 12.8 Å². The smallest absolute Gasteiger partial charge is 0.0797 e. The van der Waals surface area contributed by atoms with Gasteiger partial charge in [-0.2, -0.15) is 11.3 Å². The van der Waals surface area contributed by atoms with Gasteiger partial charge in [-0.25, -0.2) is 0 Å². The van der Waals surface area contributed by atoms with Gasteiger partial charge in [-0.1, -0.05) is 6.92 Å². The Kier molecular flexibility index (Phi) is 4.29. The van der Waals surface area contributed by atoms with E-state index in [0.29, 0.717) is 0 Å². The second kappa shape index (κ2) is 5.94. The van der Waals surface area contributed by atoms with Crippen LogP contribution in [-0.4, -0.2) is 10.1 Å². The number of thiophene rings is 1. The van der Waals surface area contributed by atoms with Crippen molar-refractivity contribution in [1.29, 1.82) is 0 Å². The lowest BCUT2D eigenvalue weighted by atomic mass is 9.98. The van der Waals surface area contributed by atoms with Gasteiger partial charge in [-0.05, 0) is 58.8 Å². The number of aliphatic hydroxyl groups is 1. The molecule has 17 heavy (non-hydrogen) atoms. The summed E-state index contributed by atoms with van der Waals surface area (Å²) in [5, 5.41) is 14.4. The van der Waals surface area contributed by atoms with Crippen LogP contribution in [0, 0.1) is 0 Å². The zero-order valence-electron chi connectivity index (χ0n) is 9.97. The minimum atomic E-state index is -0.382. The van der Waals surface area contributed by atoms with E-state index < -0.39 is 0 Å². The molecule has 2 nitrogen and oxygen atoms in total. The van der Waals surface area contributed by atoms with E-state index in [1.165, 1.54) is 5.56 Å². The normalized spacial score (nSPS) is 12.6. The van der Waals surface area contributed by atoms with Crippen LogP contribution in [0.4, 0.5) is 0 Å². The van der Waals surface area contributed by atoms with Gasteiger partial charge >= 0.3 is 0 Å². The third-order valence-corrected chi connectivity index (χ3v) is 3.70. The molecule has 0 aromatic carbocycles. The van der Waals surface area contributed by atoms with Gasteiger partial charge in [0.05, 0.1) is 6.10 Å². The predicted molar refractivity (Wildman–Crippen MR) is 71.2 cm³/mol. The van der Waals surface area contributed by atoms with Crippen LogP contribution >= 0.6 is 11.3 Å². The van der Waals surface area contributed by atoms with E-state index in [4.69, 9.17) is 0 Å². The lowest BCUT2D eigenvalue weighted by molar-refractivity contribution is 0.167. The Morgan fingerprint density at radius 1 is 1.41 bits per heavy atom. The van der Waals surface area contributed by atoms with Crippen LogP contribution in [0.2, 0.25) is 0 Å².